The van der Waals surface area contributed by atoms with Crippen LogP contribution in [0.2, 0.25) is 0 Å². The third-order valence-electron chi connectivity index (χ3n) is 3.10. The van der Waals surface area contributed by atoms with E-state index in [2.05, 4.69) is 32.3 Å². The highest BCUT2D eigenvalue weighted by Crippen LogP contribution is 2.23. The summed E-state index contributed by atoms with van der Waals surface area (Å²) in [6.07, 6.45) is 4.41. The summed E-state index contributed by atoms with van der Waals surface area (Å²) in [7, 11) is 0. The SMILES string of the molecule is CSCCCC(CNC(C)(C)C)c1cccc(F)c1. The quantitative estimate of drug-likeness (QED) is 0.742. The van der Waals surface area contributed by atoms with Crippen molar-refractivity contribution in [1.82, 2.24) is 5.32 Å². The number of nitrogens with one attached hydrogen (secondary N) is 1. The van der Waals surface area contributed by atoms with E-state index in [1.54, 1.807) is 6.07 Å². The topological polar surface area (TPSA) is 12.0 Å². The first-order valence-electron chi connectivity index (χ1n) is 6.92. The Hall–Kier alpha value is -0.540. The van der Waals surface area contributed by atoms with E-state index in [-0.39, 0.29) is 11.4 Å². The Kier molecular flexibility index (Phi) is 6.87. The van der Waals surface area contributed by atoms with Gasteiger partial charge in [-0.1, -0.05) is 12.1 Å². The summed E-state index contributed by atoms with van der Waals surface area (Å²) in [5.41, 5.74) is 1.21. The van der Waals surface area contributed by atoms with Crippen LogP contribution in [0.5, 0.6) is 0 Å². The Morgan fingerprint density at radius 2 is 2.05 bits per heavy atom. The molecule has 0 heterocycles. The molecule has 1 nitrogen and oxygen atoms in total. The van der Waals surface area contributed by atoms with Gasteiger partial charge in [-0.2, -0.15) is 11.8 Å². The molecule has 0 radical (unpaired) electrons. The Morgan fingerprint density at radius 1 is 1.32 bits per heavy atom. The van der Waals surface area contributed by atoms with E-state index in [0.717, 1.165) is 18.5 Å². The molecule has 0 aliphatic carbocycles. The third kappa shape index (κ3) is 6.98. The minimum atomic E-state index is -0.136. The zero-order valence-electron chi connectivity index (χ0n) is 12.5. The molecule has 1 atom stereocenters. The van der Waals surface area contributed by atoms with Gasteiger partial charge in [0.1, 0.15) is 5.82 Å². The maximum Gasteiger partial charge on any atom is 0.123 e. The third-order valence-corrected chi connectivity index (χ3v) is 3.80. The normalized spacial score (nSPS) is 13.5. The molecule has 0 fully saturated rings. The van der Waals surface area contributed by atoms with E-state index in [4.69, 9.17) is 0 Å². The van der Waals surface area contributed by atoms with Crippen LogP contribution in [0.4, 0.5) is 4.39 Å². The molecule has 1 N–H and O–H groups in total. The lowest BCUT2D eigenvalue weighted by Gasteiger charge is -2.25. The largest absolute Gasteiger partial charge is 0.311 e. The predicted octanol–water partition coefficient (Wildman–Crippen LogP) is 4.44. The van der Waals surface area contributed by atoms with Crippen LogP contribution in [0.15, 0.2) is 24.3 Å². The minimum Gasteiger partial charge on any atom is -0.311 e. The Labute approximate surface area is 121 Å². The number of rotatable bonds is 7. The van der Waals surface area contributed by atoms with Gasteiger partial charge in [-0.15, -0.1) is 0 Å². The number of hydrogen-bond acceptors (Lipinski definition) is 2. The Bertz CT molecular complexity index is 373. The lowest BCUT2D eigenvalue weighted by molar-refractivity contribution is 0.398. The van der Waals surface area contributed by atoms with Crippen molar-refractivity contribution >= 4 is 11.8 Å². The van der Waals surface area contributed by atoms with Crippen LogP contribution in [0.25, 0.3) is 0 Å². The molecule has 1 aromatic rings. The van der Waals surface area contributed by atoms with E-state index < -0.39 is 0 Å². The molecule has 1 aromatic carbocycles. The molecule has 0 aliphatic heterocycles. The molecule has 108 valence electrons. The van der Waals surface area contributed by atoms with Gasteiger partial charge >= 0.3 is 0 Å². The van der Waals surface area contributed by atoms with Gasteiger partial charge in [0.2, 0.25) is 0 Å². The van der Waals surface area contributed by atoms with Gasteiger partial charge < -0.3 is 5.32 Å². The minimum absolute atomic E-state index is 0.102. The summed E-state index contributed by atoms with van der Waals surface area (Å²) in [5, 5.41) is 3.54. The van der Waals surface area contributed by atoms with Gasteiger partial charge in [0, 0.05) is 12.1 Å². The monoisotopic (exact) mass is 283 g/mol. The van der Waals surface area contributed by atoms with E-state index in [9.17, 15) is 4.39 Å². The first kappa shape index (κ1) is 16.5. The average Bonchev–Trinajstić information content (AvgIpc) is 2.32. The number of thioether (sulfide) groups is 1. The highest BCUT2D eigenvalue weighted by molar-refractivity contribution is 7.98. The maximum absolute atomic E-state index is 13.4. The lowest BCUT2D eigenvalue weighted by Crippen LogP contribution is -2.38. The lowest BCUT2D eigenvalue weighted by atomic mass is 9.93. The van der Waals surface area contributed by atoms with E-state index >= 15 is 0 Å². The van der Waals surface area contributed by atoms with Gasteiger partial charge in [-0.3, -0.25) is 0 Å². The highest BCUT2D eigenvalue weighted by Gasteiger charge is 2.16. The molecule has 0 aromatic heterocycles. The molecule has 0 aliphatic rings. The number of halogens is 1. The molecule has 1 unspecified atom stereocenters. The Morgan fingerprint density at radius 3 is 2.63 bits per heavy atom. The van der Waals surface area contributed by atoms with Gasteiger partial charge in [0.25, 0.3) is 0 Å². The summed E-state index contributed by atoms with van der Waals surface area (Å²) < 4.78 is 13.4. The Balaban J connectivity index is 2.68. The van der Waals surface area contributed by atoms with Crippen LogP contribution >= 0.6 is 11.8 Å². The molecule has 0 saturated carbocycles. The second-order valence-corrected chi connectivity index (χ2v) is 7.00. The molecule has 19 heavy (non-hydrogen) atoms. The van der Waals surface area contributed by atoms with E-state index in [1.165, 1.54) is 18.2 Å². The van der Waals surface area contributed by atoms with Gasteiger partial charge in [-0.05, 0) is 69.2 Å². The molecule has 1 rings (SSSR count). The molecular formula is C16H26FNS. The fraction of sp³-hybridized carbons (Fsp3) is 0.625. The van der Waals surface area contributed by atoms with Crippen molar-refractivity contribution in [3.05, 3.63) is 35.6 Å². The highest BCUT2D eigenvalue weighted by atomic mass is 32.2. The van der Waals surface area contributed by atoms with Crippen LogP contribution in [-0.2, 0) is 0 Å². The predicted molar refractivity (Wildman–Crippen MR) is 84.5 cm³/mol. The molecule has 3 heteroatoms. The average molecular weight is 283 g/mol. The maximum atomic E-state index is 13.4. The van der Waals surface area contributed by atoms with Crippen molar-refractivity contribution in [2.24, 2.45) is 0 Å². The standard InChI is InChI=1S/C16H26FNS/c1-16(2,3)18-12-14(8-6-10-19-4)13-7-5-9-15(17)11-13/h5,7,9,11,14,18H,6,8,10,12H2,1-4H3. The van der Waals surface area contributed by atoms with Crippen LogP contribution < -0.4 is 5.32 Å². The van der Waals surface area contributed by atoms with Gasteiger partial charge in [-0.25, -0.2) is 4.39 Å². The van der Waals surface area contributed by atoms with Crippen LogP contribution in [-0.4, -0.2) is 24.1 Å². The van der Waals surface area contributed by atoms with Crippen molar-refractivity contribution in [3.8, 4) is 0 Å². The van der Waals surface area contributed by atoms with Crippen molar-refractivity contribution in [1.29, 1.82) is 0 Å². The van der Waals surface area contributed by atoms with Crippen LogP contribution in [0, 0.1) is 5.82 Å². The van der Waals surface area contributed by atoms with Crippen molar-refractivity contribution in [3.63, 3.8) is 0 Å². The van der Waals surface area contributed by atoms with Crippen LogP contribution in [0.1, 0.15) is 45.1 Å². The summed E-state index contributed by atoms with van der Waals surface area (Å²) >= 11 is 1.87. The summed E-state index contributed by atoms with van der Waals surface area (Å²) in [5.74, 6) is 1.42. The first-order chi connectivity index (χ1) is 8.92. The molecule has 0 spiro atoms. The van der Waals surface area contributed by atoms with Gasteiger partial charge in [0.05, 0.1) is 0 Å². The molecule has 0 amide bonds. The number of hydrogen-bond donors (Lipinski definition) is 1. The molecular weight excluding hydrogens is 257 g/mol. The second kappa shape index (κ2) is 7.91. The van der Waals surface area contributed by atoms with Crippen molar-refractivity contribution in [2.45, 2.75) is 45.1 Å². The molecule has 0 bridgehead atoms. The smallest absolute Gasteiger partial charge is 0.123 e. The summed E-state index contributed by atoms with van der Waals surface area (Å²) in [6.45, 7) is 7.40. The van der Waals surface area contributed by atoms with E-state index in [1.807, 2.05) is 23.9 Å². The first-order valence-corrected chi connectivity index (χ1v) is 8.31. The number of benzene rings is 1. The van der Waals surface area contributed by atoms with Crippen molar-refractivity contribution < 1.29 is 4.39 Å². The zero-order chi connectivity index (χ0) is 14.3. The summed E-state index contributed by atoms with van der Waals surface area (Å²) in [4.78, 5) is 0. The van der Waals surface area contributed by atoms with Crippen LogP contribution in [0.3, 0.4) is 0 Å². The molecule has 0 saturated heterocycles. The second-order valence-electron chi connectivity index (χ2n) is 6.02. The van der Waals surface area contributed by atoms with Gasteiger partial charge in [0.15, 0.2) is 0 Å². The summed E-state index contributed by atoms with van der Waals surface area (Å²) in [6, 6.07) is 7.04. The van der Waals surface area contributed by atoms with E-state index in [0.29, 0.717) is 5.92 Å². The zero-order valence-corrected chi connectivity index (χ0v) is 13.3. The van der Waals surface area contributed by atoms with Crippen molar-refractivity contribution in [2.75, 3.05) is 18.6 Å². The fourth-order valence-corrected chi connectivity index (χ4v) is 2.51. The fourth-order valence-electron chi connectivity index (χ4n) is 2.05.